The van der Waals surface area contributed by atoms with E-state index < -0.39 is 17.7 Å². The van der Waals surface area contributed by atoms with Crippen molar-refractivity contribution in [1.82, 2.24) is 5.32 Å². The lowest BCUT2D eigenvalue weighted by atomic mass is 9.94. The van der Waals surface area contributed by atoms with Gasteiger partial charge < -0.3 is 10.4 Å². The molecule has 1 aromatic carbocycles. The zero-order chi connectivity index (χ0) is 14.5. The third kappa shape index (κ3) is 4.17. The molecule has 0 bridgehead atoms. The third-order valence-electron chi connectivity index (χ3n) is 3.94. The van der Waals surface area contributed by atoms with E-state index >= 15 is 0 Å². The molecule has 0 saturated heterocycles. The van der Waals surface area contributed by atoms with E-state index in [9.17, 15) is 13.9 Å². The van der Waals surface area contributed by atoms with E-state index in [1.807, 2.05) is 11.8 Å². The molecule has 0 heterocycles. The number of rotatable bonds is 5. The van der Waals surface area contributed by atoms with Crippen molar-refractivity contribution in [3.05, 3.63) is 35.4 Å². The topological polar surface area (TPSA) is 32.3 Å². The second-order valence-electron chi connectivity index (χ2n) is 5.31. The standard InChI is InChI=1S/C15H21F2NOS/c1-20-12-5-3-11(4-6-12)18-9-15(19)10-2-7-13(16)14(17)8-10/h2,7-8,11-12,15,18-19H,3-6,9H2,1H3. The van der Waals surface area contributed by atoms with Crippen molar-refractivity contribution < 1.29 is 13.9 Å². The summed E-state index contributed by atoms with van der Waals surface area (Å²) in [5.41, 5.74) is 0.411. The molecule has 0 spiro atoms. The maximum absolute atomic E-state index is 13.1. The van der Waals surface area contributed by atoms with Crippen molar-refractivity contribution in [2.24, 2.45) is 0 Å². The van der Waals surface area contributed by atoms with E-state index in [1.54, 1.807) is 0 Å². The van der Waals surface area contributed by atoms with Gasteiger partial charge in [0.15, 0.2) is 11.6 Å². The molecule has 0 amide bonds. The van der Waals surface area contributed by atoms with Crippen LogP contribution in [0.25, 0.3) is 0 Å². The molecule has 1 aliphatic rings. The van der Waals surface area contributed by atoms with Crippen LogP contribution in [0, 0.1) is 11.6 Å². The van der Waals surface area contributed by atoms with E-state index in [1.165, 1.54) is 18.9 Å². The SMILES string of the molecule is CSC1CCC(NCC(O)c2ccc(F)c(F)c2)CC1. The number of thioether (sulfide) groups is 1. The first kappa shape index (κ1) is 15.7. The van der Waals surface area contributed by atoms with Gasteiger partial charge in [-0.2, -0.15) is 11.8 Å². The van der Waals surface area contributed by atoms with Crippen molar-refractivity contribution in [3.8, 4) is 0 Å². The summed E-state index contributed by atoms with van der Waals surface area (Å²) < 4.78 is 25.9. The molecule has 0 aliphatic heterocycles. The van der Waals surface area contributed by atoms with Crippen molar-refractivity contribution in [1.29, 1.82) is 0 Å². The van der Waals surface area contributed by atoms with E-state index in [-0.39, 0.29) is 0 Å². The summed E-state index contributed by atoms with van der Waals surface area (Å²) in [4.78, 5) is 0. The van der Waals surface area contributed by atoms with Crippen LogP contribution in [0.4, 0.5) is 8.78 Å². The minimum absolute atomic E-state index is 0.375. The Morgan fingerprint density at radius 2 is 1.95 bits per heavy atom. The fraction of sp³-hybridized carbons (Fsp3) is 0.600. The van der Waals surface area contributed by atoms with Gasteiger partial charge in [-0.3, -0.25) is 0 Å². The van der Waals surface area contributed by atoms with Crippen molar-refractivity contribution in [2.45, 2.75) is 43.1 Å². The molecule has 1 aromatic rings. The Bertz CT molecular complexity index is 436. The summed E-state index contributed by atoms with van der Waals surface area (Å²) in [6, 6.07) is 3.96. The smallest absolute Gasteiger partial charge is 0.159 e. The number of aliphatic hydroxyl groups excluding tert-OH is 1. The Kier molecular flexibility index (Phi) is 5.81. The van der Waals surface area contributed by atoms with Gasteiger partial charge in [0, 0.05) is 17.8 Å². The highest BCUT2D eigenvalue weighted by Gasteiger charge is 2.21. The average Bonchev–Trinajstić information content (AvgIpc) is 2.48. The summed E-state index contributed by atoms with van der Waals surface area (Å²) in [5.74, 6) is -1.80. The summed E-state index contributed by atoms with van der Waals surface area (Å²) >= 11 is 1.92. The minimum Gasteiger partial charge on any atom is -0.387 e. The number of hydrogen-bond donors (Lipinski definition) is 2. The second kappa shape index (κ2) is 7.38. The van der Waals surface area contributed by atoms with Crippen molar-refractivity contribution in [3.63, 3.8) is 0 Å². The molecule has 1 saturated carbocycles. The highest BCUT2D eigenvalue weighted by molar-refractivity contribution is 7.99. The molecular weight excluding hydrogens is 280 g/mol. The maximum atomic E-state index is 13.1. The van der Waals surface area contributed by atoms with E-state index in [0.717, 1.165) is 30.2 Å². The van der Waals surface area contributed by atoms with Gasteiger partial charge in [0.2, 0.25) is 0 Å². The van der Waals surface area contributed by atoms with Crippen LogP contribution in [0.5, 0.6) is 0 Å². The molecule has 112 valence electrons. The van der Waals surface area contributed by atoms with Gasteiger partial charge in [0.05, 0.1) is 6.10 Å². The van der Waals surface area contributed by atoms with Crippen LogP contribution in [-0.2, 0) is 0 Å². The second-order valence-corrected chi connectivity index (χ2v) is 6.44. The molecule has 1 aliphatic carbocycles. The molecule has 2 N–H and O–H groups in total. The molecule has 20 heavy (non-hydrogen) atoms. The van der Waals surface area contributed by atoms with Crippen LogP contribution in [0.2, 0.25) is 0 Å². The first-order valence-corrected chi connectivity index (χ1v) is 8.28. The lowest BCUT2D eigenvalue weighted by Gasteiger charge is -2.29. The molecule has 5 heteroatoms. The molecular formula is C15H21F2NOS. The molecule has 0 aromatic heterocycles. The molecule has 1 atom stereocenters. The minimum atomic E-state index is -0.915. The third-order valence-corrected chi connectivity index (χ3v) is 5.07. The van der Waals surface area contributed by atoms with Crippen molar-refractivity contribution in [2.75, 3.05) is 12.8 Å². The Morgan fingerprint density at radius 1 is 1.25 bits per heavy atom. The number of nitrogens with one attached hydrogen (secondary N) is 1. The van der Waals surface area contributed by atoms with Crippen LogP contribution in [-0.4, -0.2) is 29.2 Å². The zero-order valence-electron chi connectivity index (χ0n) is 11.6. The van der Waals surface area contributed by atoms with E-state index in [2.05, 4.69) is 11.6 Å². The number of hydrogen-bond acceptors (Lipinski definition) is 3. The lowest BCUT2D eigenvalue weighted by Crippen LogP contribution is -2.36. The van der Waals surface area contributed by atoms with E-state index in [4.69, 9.17) is 0 Å². The number of aliphatic hydroxyl groups is 1. The molecule has 1 unspecified atom stereocenters. The van der Waals surface area contributed by atoms with Gasteiger partial charge in [-0.05, 0) is 49.6 Å². The average molecular weight is 301 g/mol. The Labute approximate surface area is 123 Å². The van der Waals surface area contributed by atoms with Gasteiger partial charge in [0.25, 0.3) is 0 Å². The highest BCUT2D eigenvalue weighted by Crippen LogP contribution is 2.27. The quantitative estimate of drug-likeness (QED) is 0.875. The van der Waals surface area contributed by atoms with Gasteiger partial charge in [-0.1, -0.05) is 6.07 Å². The van der Waals surface area contributed by atoms with Gasteiger partial charge in [0.1, 0.15) is 0 Å². The normalized spacial score (nSPS) is 24.6. The summed E-state index contributed by atoms with van der Waals surface area (Å²) in [6.07, 6.45) is 5.95. The molecule has 2 nitrogen and oxygen atoms in total. The highest BCUT2D eigenvalue weighted by atomic mass is 32.2. The Hall–Kier alpha value is -0.650. The zero-order valence-corrected chi connectivity index (χ0v) is 12.4. The van der Waals surface area contributed by atoms with Crippen molar-refractivity contribution >= 4 is 11.8 Å². The molecule has 2 rings (SSSR count). The Balaban J connectivity index is 1.80. The number of halogens is 2. The van der Waals surface area contributed by atoms with Crippen LogP contribution < -0.4 is 5.32 Å². The van der Waals surface area contributed by atoms with Crippen LogP contribution >= 0.6 is 11.8 Å². The maximum Gasteiger partial charge on any atom is 0.159 e. The fourth-order valence-corrected chi connectivity index (χ4v) is 3.36. The Morgan fingerprint density at radius 3 is 2.55 bits per heavy atom. The predicted octanol–water partition coefficient (Wildman–Crippen LogP) is 3.26. The summed E-state index contributed by atoms with van der Waals surface area (Å²) in [5, 5.41) is 14.1. The van der Waals surface area contributed by atoms with Gasteiger partial charge >= 0.3 is 0 Å². The fourth-order valence-electron chi connectivity index (χ4n) is 2.62. The molecule has 0 radical (unpaired) electrons. The van der Waals surface area contributed by atoms with Crippen LogP contribution in [0.15, 0.2) is 18.2 Å². The largest absolute Gasteiger partial charge is 0.387 e. The van der Waals surface area contributed by atoms with E-state index in [0.29, 0.717) is 18.2 Å². The van der Waals surface area contributed by atoms with Crippen LogP contribution in [0.3, 0.4) is 0 Å². The first-order chi connectivity index (χ1) is 9.60. The predicted molar refractivity (Wildman–Crippen MR) is 78.9 cm³/mol. The number of benzene rings is 1. The first-order valence-electron chi connectivity index (χ1n) is 6.99. The monoisotopic (exact) mass is 301 g/mol. The summed E-state index contributed by atoms with van der Waals surface area (Å²) in [6.45, 7) is 0.375. The van der Waals surface area contributed by atoms with Crippen LogP contribution in [0.1, 0.15) is 37.4 Å². The summed E-state index contributed by atoms with van der Waals surface area (Å²) in [7, 11) is 0. The lowest BCUT2D eigenvalue weighted by molar-refractivity contribution is 0.165. The molecule has 1 fully saturated rings. The van der Waals surface area contributed by atoms with Gasteiger partial charge in [-0.25, -0.2) is 8.78 Å². The van der Waals surface area contributed by atoms with Gasteiger partial charge in [-0.15, -0.1) is 0 Å².